The fraction of sp³-hybridized carbons (Fsp3) is 0. The molecule has 1 atom stereocenters. The Labute approximate surface area is 116 Å². The Morgan fingerprint density at radius 3 is 2.35 bits per heavy atom. The first kappa shape index (κ1) is 14.0. The van der Waals surface area contributed by atoms with Gasteiger partial charge in [-0.2, -0.15) is 0 Å². The van der Waals surface area contributed by atoms with Crippen LogP contribution in [-0.2, 0) is 11.1 Å². The zero-order valence-electron chi connectivity index (χ0n) is 10.1. The van der Waals surface area contributed by atoms with Crippen LogP contribution in [0.25, 0.3) is 0 Å². The molecule has 0 bridgehead atoms. The number of hydrogen-bond acceptors (Lipinski definition) is 4. The van der Waals surface area contributed by atoms with E-state index in [9.17, 15) is 23.7 Å². The van der Waals surface area contributed by atoms with E-state index >= 15 is 0 Å². The number of nitro benzene ring substituents is 1. The first-order valence-electron chi connectivity index (χ1n) is 5.49. The molecule has 0 aliphatic carbocycles. The van der Waals surface area contributed by atoms with Crippen LogP contribution in [0.1, 0.15) is 15.9 Å². The molecule has 20 heavy (non-hydrogen) atoms. The Kier molecular flexibility index (Phi) is 4.02. The lowest BCUT2D eigenvalue weighted by Crippen LogP contribution is -2.07. The molecule has 6 nitrogen and oxygen atoms in total. The van der Waals surface area contributed by atoms with Gasteiger partial charge in [0.2, 0.25) is 0 Å². The number of hydrogen-bond donors (Lipinski definition) is 1. The maximum Gasteiger partial charge on any atom is 0.270 e. The number of benzene rings is 2. The largest absolute Gasteiger partial charge is 0.302 e. The van der Waals surface area contributed by atoms with Crippen LogP contribution in [0.5, 0.6) is 0 Å². The maximum absolute atomic E-state index is 12.2. The quantitative estimate of drug-likeness (QED) is 0.404. The van der Waals surface area contributed by atoms with E-state index in [0.717, 1.165) is 12.1 Å². The second kappa shape index (κ2) is 5.72. The lowest BCUT2D eigenvalue weighted by atomic mass is 10.0. The van der Waals surface area contributed by atoms with Crippen LogP contribution < -0.4 is 0 Å². The fourth-order valence-corrected chi connectivity index (χ4v) is 2.27. The topological polar surface area (TPSA) is 97.5 Å². The van der Waals surface area contributed by atoms with E-state index in [1.807, 2.05) is 0 Å². The van der Waals surface area contributed by atoms with Crippen LogP contribution in [0.3, 0.4) is 0 Å². The Morgan fingerprint density at radius 1 is 1.15 bits per heavy atom. The first-order valence-corrected chi connectivity index (χ1v) is 6.60. The molecule has 0 amide bonds. The van der Waals surface area contributed by atoms with Gasteiger partial charge in [0, 0.05) is 23.3 Å². The third-order valence-corrected chi connectivity index (χ3v) is 3.36. The zero-order valence-corrected chi connectivity index (χ0v) is 10.9. The van der Waals surface area contributed by atoms with E-state index in [0.29, 0.717) is 5.56 Å². The summed E-state index contributed by atoms with van der Waals surface area (Å²) >= 11 is -2.49. The van der Waals surface area contributed by atoms with E-state index in [-0.39, 0.29) is 16.1 Å². The van der Waals surface area contributed by atoms with Crippen molar-refractivity contribution >= 4 is 22.6 Å². The van der Waals surface area contributed by atoms with Gasteiger partial charge >= 0.3 is 0 Å². The number of ketones is 1. The number of nitro groups is 1. The normalized spacial score (nSPS) is 11.8. The minimum Gasteiger partial charge on any atom is -0.302 e. The number of carbonyl (C=O) groups excluding carboxylic acids is 1. The summed E-state index contributed by atoms with van der Waals surface area (Å²) in [7, 11) is 0. The van der Waals surface area contributed by atoms with Gasteiger partial charge in [0.25, 0.3) is 5.69 Å². The van der Waals surface area contributed by atoms with Crippen molar-refractivity contribution in [1.29, 1.82) is 0 Å². The van der Waals surface area contributed by atoms with E-state index in [2.05, 4.69) is 0 Å². The van der Waals surface area contributed by atoms with Crippen LogP contribution in [0.15, 0.2) is 53.4 Å². The minimum atomic E-state index is -2.49. The van der Waals surface area contributed by atoms with Crippen LogP contribution in [0.4, 0.5) is 5.69 Å². The monoisotopic (exact) mass is 291 g/mol. The smallest absolute Gasteiger partial charge is 0.270 e. The first-order chi connectivity index (χ1) is 9.50. The summed E-state index contributed by atoms with van der Waals surface area (Å²) in [5, 5.41) is 10.7. The lowest BCUT2D eigenvalue weighted by molar-refractivity contribution is -0.385. The third kappa shape index (κ3) is 2.79. The molecule has 0 radical (unpaired) electrons. The second-order valence-electron chi connectivity index (χ2n) is 3.88. The number of rotatable bonds is 4. The standard InChI is InChI=1S/C13H9NO5S/c15-13(9-4-2-1-3-5-9)11-7-6-10(14(16)17)8-12(11)20(18)19/h1-8H,(H,18,19). The summed E-state index contributed by atoms with van der Waals surface area (Å²) in [5.41, 5.74) is -0.0253. The predicted octanol–water partition coefficient (Wildman–Crippen LogP) is 2.41. The van der Waals surface area contributed by atoms with Crippen molar-refractivity contribution in [3.63, 3.8) is 0 Å². The molecule has 0 spiro atoms. The van der Waals surface area contributed by atoms with Gasteiger partial charge in [-0.25, -0.2) is 4.21 Å². The molecule has 2 rings (SSSR count). The van der Waals surface area contributed by atoms with Crippen molar-refractivity contribution in [2.45, 2.75) is 4.90 Å². The van der Waals surface area contributed by atoms with Crippen molar-refractivity contribution in [1.82, 2.24) is 0 Å². The van der Waals surface area contributed by atoms with Gasteiger partial charge in [0.1, 0.15) is 0 Å². The Balaban J connectivity index is 2.54. The van der Waals surface area contributed by atoms with Gasteiger partial charge in [-0.15, -0.1) is 0 Å². The predicted molar refractivity (Wildman–Crippen MR) is 72.0 cm³/mol. The summed E-state index contributed by atoms with van der Waals surface area (Å²) in [5.74, 6) is -0.460. The highest BCUT2D eigenvalue weighted by Gasteiger charge is 2.20. The van der Waals surface area contributed by atoms with Crippen molar-refractivity contribution in [2.75, 3.05) is 0 Å². The summed E-state index contributed by atoms with van der Waals surface area (Å²) in [6.07, 6.45) is 0. The number of nitrogens with zero attached hydrogens (tertiary/aromatic N) is 1. The van der Waals surface area contributed by atoms with Crippen molar-refractivity contribution in [3.05, 3.63) is 69.8 Å². The van der Waals surface area contributed by atoms with Gasteiger partial charge < -0.3 is 4.55 Å². The molecule has 2 aromatic carbocycles. The molecular formula is C13H9NO5S. The van der Waals surface area contributed by atoms with Gasteiger partial charge in [-0.05, 0) is 6.07 Å². The van der Waals surface area contributed by atoms with Gasteiger partial charge in [-0.3, -0.25) is 14.9 Å². The van der Waals surface area contributed by atoms with E-state index in [1.54, 1.807) is 30.3 Å². The minimum absolute atomic E-state index is 0.0253. The van der Waals surface area contributed by atoms with Crippen LogP contribution >= 0.6 is 0 Å². The van der Waals surface area contributed by atoms with E-state index in [4.69, 9.17) is 0 Å². The summed E-state index contributed by atoms with van der Waals surface area (Å²) in [6.45, 7) is 0. The van der Waals surface area contributed by atoms with Crippen LogP contribution in [-0.4, -0.2) is 19.5 Å². The molecule has 1 N–H and O–H groups in total. The lowest BCUT2D eigenvalue weighted by Gasteiger charge is -2.05. The summed E-state index contributed by atoms with van der Waals surface area (Å²) in [4.78, 5) is 21.9. The van der Waals surface area contributed by atoms with Crippen molar-refractivity contribution in [2.24, 2.45) is 0 Å². The summed E-state index contributed by atoms with van der Waals surface area (Å²) < 4.78 is 20.5. The van der Waals surface area contributed by atoms with E-state index < -0.39 is 21.8 Å². The maximum atomic E-state index is 12.2. The molecule has 0 aromatic heterocycles. The number of carbonyl (C=O) groups is 1. The number of non-ortho nitro benzene ring substituents is 1. The fourth-order valence-electron chi connectivity index (χ4n) is 1.70. The Bertz CT molecular complexity index is 699. The molecule has 102 valence electrons. The van der Waals surface area contributed by atoms with Crippen LogP contribution in [0, 0.1) is 10.1 Å². The highest BCUT2D eigenvalue weighted by atomic mass is 32.2. The van der Waals surface area contributed by atoms with Gasteiger partial charge in [0.15, 0.2) is 16.9 Å². The molecule has 1 unspecified atom stereocenters. The SMILES string of the molecule is O=C(c1ccccc1)c1ccc([N+](=O)[O-])cc1S(=O)O. The highest BCUT2D eigenvalue weighted by molar-refractivity contribution is 7.79. The molecule has 2 aromatic rings. The zero-order chi connectivity index (χ0) is 14.7. The molecule has 7 heteroatoms. The molecule has 0 saturated carbocycles. The highest BCUT2D eigenvalue weighted by Crippen LogP contribution is 2.23. The molecule has 0 saturated heterocycles. The average Bonchev–Trinajstić information content (AvgIpc) is 2.46. The Hall–Kier alpha value is -2.38. The molecule has 0 fully saturated rings. The van der Waals surface area contributed by atoms with Crippen molar-refractivity contribution in [3.8, 4) is 0 Å². The molecule has 0 aliphatic rings. The van der Waals surface area contributed by atoms with Crippen molar-refractivity contribution < 1.29 is 18.5 Å². The third-order valence-electron chi connectivity index (χ3n) is 2.64. The molecule has 0 aliphatic heterocycles. The van der Waals surface area contributed by atoms with Crippen LogP contribution in [0.2, 0.25) is 0 Å². The van der Waals surface area contributed by atoms with E-state index in [1.165, 1.54) is 6.07 Å². The van der Waals surface area contributed by atoms with Gasteiger partial charge in [0.05, 0.1) is 9.82 Å². The second-order valence-corrected chi connectivity index (χ2v) is 4.82. The summed E-state index contributed by atoms with van der Waals surface area (Å²) in [6, 6.07) is 11.4. The molecular weight excluding hydrogens is 282 g/mol. The molecule has 0 heterocycles. The Morgan fingerprint density at radius 2 is 1.80 bits per heavy atom. The average molecular weight is 291 g/mol. The van der Waals surface area contributed by atoms with Gasteiger partial charge in [-0.1, -0.05) is 30.3 Å².